The number of anilines is 1. The molecule has 4 heteroatoms. The van der Waals surface area contributed by atoms with Crippen LogP contribution in [0.5, 0.6) is 0 Å². The Bertz CT molecular complexity index is 555. The molecule has 4 nitrogen and oxygen atoms in total. The quantitative estimate of drug-likeness (QED) is 0.551. The van der Waals surface area contributed by atoms with Crippen molar-refractivity contribution in [3.05, 3.63) is 41.6 Å². The minimum absolute atomic E-state index is 0.124. The molecule has 1 rings (SSSR count). The van der Waals surface area contributed by atoms with Gasteiger partial charge in [0.15, 0.2) is 0 Å². The highest BCUT2D eigenvalue weighted by molar-refractivity contribution is 6.06. The molecule has 0 fully saturated rings. The number of unbranched alkanes of at least 4 members (excludes halogenated alkanes) is 2. The van der Waals surface area contributed by atoms with Gasteiger partial charge in [-0.1, -0.05) is 38.8 Å². The van der Waals surface area contributed by atoms with Crippen molar-refractivity contribution in [2.24, 2.45) is 0 Å². The SMILES string of the molecule is CCCCc1ccc(NC(=O)/C(C#N)=C\N(C)CCCC)cc1. The van der Waals surface area contributed by atoms with E-state index in [4.69, 9.17) is 0 Å². The third-order valence-electron chi connectivity index (χ3n) is 3.61. The standard InChI is InChI=1S/C19H27N3O/c1-4-6-8-16-9-11-18(12-10-16)21-19(23)17(14-20)15-22(3)13-7-5-2/h9-12,15H,4-8,13H2,1-3H3,(H,21,23)/b17-15-. The van der Waals surface area contributed by atoms with Crippen LogP contribution < -0.4 is 5.32 Å². The molecular formula is C19H27N3O. The van der Waals surface area contributed by atoms with Crippen LogP contribution >= 0.6 is 0 Å². The first-order valence-corrected chi connectivity index (χ1v) is 8.33. The van der Waals surface area contributed by atoms with E-state index in [0.29, 0.717) is 5.69 Å². The lowest BCUT2D eigenvalue weighted by atomic mass is 10.1. The first kappa shape index (κ1) is 18.8. The maximum absolute atomic E-state index is 12.2. The molecule has 0 atom stereocenters. The maximum Gasteiger partial charge on any atom is 0.267 e. The van der Waals surface area contributed by atoms with Crippen molar-refractivity contribution >= 4 is 11.6 Å². The number of hydrogen-bond donors (Lipinski definition) is 1. The third-order valence-corrected chi connectivity index (χ3v) is 3.61. The van der Waals surface area contributed by atoms with E-state index in [2.05, 4.69) is 19.2 Å². The molecule has 1 amide bonds. The van der Waals surface area contributed by atoms with Gasteiger partial charge in [-0.05, 0) is 37.0 Å². The van der Waals surface area contributed by atoms with Crippen molar-refractivity contribution in [2.45, 2.75) is 46.0 Å². The second-order valence-electron chi connectivity index (χ2n) is 5.74. The van der Waals surface area contributed by atoms with Gasteiger partial charge < -0.3 is 10.2 Å². The third kappa shape index (κ3) is 7.01. The van der Waals surface area contributed by atoms with E-state index < -0.39 is 0 Å². The number of rotatable bonds is 9. The van der Waals surface area contributed by atoms with Crippen LogP contribution in [-0.4, -0.2) is 24.4 Å². The number of nitrogens with zero attached hydrogens (tertiary/aromatic N) is 2. The Balaban J connectivity index is 2.65. The van der Waals surface area contributed by atoms with Crippen LogP contribution in [0, 0.1) is 11.3 Å². The predicted octanol–water partition coefficient (Wildman–Crippen LogP) is 4.11. The van der Waals surface area contributed by atoms with Gasteiger partial charge in [-0.3, -0.25) is 4.79 Å². The first-order valence-electron chi connectivity index (χ1n) is 8.33. The van der Waals surface area contributed by atoms with Crippen LogP contribution in [-0.2, 0) is 11.2 Å². The summed E-state index contributed by atoms with van der Waals surface area (Å²) in [5.74, 6) is -0.364. The van der Waals surface area contributed by atoms with E-state index in [-0.39, 0.29) is 11.5 Å². The van der Waals surface area contributed by atoms with E-state index >= 15 is 0 Å². The summed E-state index contributed by atoms with van der Waals surface area (Å²) in [7, 11) is 1.88. The number of benzene rings is 1. The molecular weight excluding hydrogens is 286 g/mol. The zero-order valence-electron chi connectivity index (χ0n) is 14.4. The van der Waals surface area contributed by atoms with Gasteiger partial charge in [0.05, 0.1) is 0 Å². The van der Waals surface area contributed by atoms with E-state index in [1.54, 1.807) is 6.20 Å². The zero-order chi connectivity index (χ0) is 17.1. The zero-order valence-corrected chi connectivity index (χ0v) is 14.4. The molecule has 124 valence electrons. The largest absolute Gasteiger partial charge is 0.379 e. The molecule has 0 spiro atoms. The van der Waals surface area contributed by atoms with Gasteiger partial charge in [0.1, 0.15) is 11.6 Å². The fraction of sp³-hybridized carbons (Fsp3) is 0.474. The molecule has 0 saturated carbocycles. The van der Waals surface area contributed by atoms with Crippen molar-refractivity contribution in [3.8, 4) is 6.07 Å². The minimum atomic E-state index is -0.364. The van der Waals surface area contributed by atoms with Gasteiger partial charge in [-0.2, -0.15) is 5.26 Å². The van der Waals surface area contributed by atoms with Gasteiger partial charge in [0, 0.05) is 25.5 Å². The summed E-state index contributed by atoms with van der Waals surface area (Å²) in [5.41, 5.74) is 2.10. The molecule has 1 aromatic carbocycles. The lowest BCUT2D eigenvalue weighted by molar-refractivity contribution is -0.112. The molecule has 0 aliphatic heterocycles. The molecule has 23 heavy (non-hydrogen) atoms. The second kappa shape index (κ2) is 10.4. The number of aryl methyl sites for hydroxylation is 1. The van der Waals surface area contributed by atoms with Crippen molar-refractivity contribution in [1.29, 1.82) is 5.26 Å². The van der Waals surface area contributed by atoms with Crippen LogP contribution in [0.4, 0.5) is 5.69 Å². The van der Waals surface area contributed by atoms with Gasteiger partial charge in [0.2, 0.25) is 0 Å². The van der Waals surface area contributed by atoms with E-state index in [9.17, 15) is 10.1 Å². The minimum Gasteiger partial charge on any atom is -0.379 e. The number of amides is 1. The molecule has 0 heterocycles. The summed E-state index contributed by atoms with van der Waals surface area (Å²) in [6.07, 6.45) is 7.11. The van der Waals surface area contributed by atoms with Crippen LogP contribution in [0.25, 0.3) is 0 Å². The van der Waals surface area contributed by atoms with Crippen molar-refractivity contribution in [1.82, 2.24) is 4.90 Å². The Morgan fingerprint density at radius 3 is 2.43 bits per heavy atom. The average molecular weight is 313 g/mol. The highest BCUT2D eigenvalue weighted by Crippen LogP contribution is 2.13. The molecule has 0 unspecified atom stereocenters. The molecule has 0 aliphatic rings. The molecule has 1 N–H and O–H groups in total. The molecule has 0 aromatic heterocycles. The second-order valence-corrected chi connectivity index (χ2v) is 5.74. The molecule has 1 aromatic rings. The average Bonchev–Trinajstić information content (AvgIpc) is 2.57. The highest BCUT2D eigenvalue weighted by atomic mass is 16.1. The Morgan fingerprint density at radius 1 is 1.22 bits per heavy atom. The fourth-order valence-corrected chi connectivity index (χ4v) is 2.16. The lowest BCUT2D eigenvalue weighted by Crippen LogP contribution is -2.19. The topological polar surface area (TPSA) is 56.1 Å². The molecule has 0 radical (unpaired) electrons. The summed E-state index contributed by atoms with van der Waals surface area (Å²) in [4.78, 5) is 14.1. The summed E-state index contributed by atoms with van der Waals surface area (Å²) in [6.45, 7) is 5.11. The molecule has 0 aliphatic carbocycles. The fourth-order valence-electron chi connectivity index (χ4n) is 2.16. The lowest BCUT2D eigenvalue weighted by Gasteiger charge is -2.14. The van der Waals surface area contributed by atoms with Crippen molar-refractivity contribution in [2.75, 3.05) is 18.9 Å². The van der Waals surface area contributed by atoms with Crippen LogP contribution in [0.15, 0.2) is 36.0 Å². The smallest absolute Gasteiger partial charge is 0.267 e. The highest BCUT2D eigenvalue weighted by Gasteiger charge is 2.10. The molecule has 0 saturated heterocycles. The van der Waals surface area contributed by atoms with Crippen LogP contribution in [0.3, 0.4) is 0 Å². The number of hydrogen-bond acceptors (Lipinski definition) is 3. The van der Waals surface area contributed by atoms with Crippen LogP contribution in [0.1, 0.15) is 45.1 Å². The summed E-state index contributed by atoms with van der Waals surface area (Å²) >= 11 is 0. The van der Waals surface area contributed by atoms with Crippen molar-refractivity contribution < 1.29 is 4.79 Å². The summed E-state index contributed by atoms with van der Waals surface area (Å²) in [5, 5.41) is 12.0. The van der Waals surface area contributed by atoms with Crippen LogP contribution in [0.2, 0.25) is 0 Å². The normalized spacial score (nSPS) is 11.0. The number of carbonyl (C=O) groups excluding carboxylic acids is 1. The number of carbonyl (C=O) groups is 1. The predicted molar refractivity (Wildman–Crippen MR) is 94.9 cm³/mol. The number of nitriles is 1. The Kier molecular flexibility index (Phi) is 8.52. The van der Waals surface area contributed by atoms with E-state index in [0.717, 1.165) is 32.2 Å². The monoisotopic (exact) mass is 313 g/mol. The van der Waals surface area contributed by atoms with Gasteiger partial charge in [-0.25, -0.2) is 0 Å². The first-order chi connectivity index (χ1) is 11.1. The van der Waals surface area contributed by atoms with Crippen molar-refractivity contribution in [3.63, 3.8) is 0 Å². The van der Waals surface area contributed by atoms with E-state index in [1.807, 2.05) is 42.3 Å². The Labute approximate surface area is 139 Å². The maximum atomic E-state index is 12.2. The van der Waals surface area contributed by atoms with Gasteiger partial charge in [0.25, 0.3) is 5.91 Å². The number of nitrogens with one attached hydrogen (secondary N) is 1. The summed E-state index contributed by atoms with van der Waals surface area (Å²) in [6, 6.07) is 9.80. The summed E-state index contributed by atoms with van der Waals surface area (Å²) < 4.78 is 0. The molecule has 0 bridgehead atoms. The van der Waals surface area contributed by atoms with E-state index in [1.165, 1.54) is 12.0 Å². The van der Waals surface area contributed by atoms with Gasteiger partial charge >= 0.3 is 0 Å². The Morgan fingerprint density at radius 2 is 1.87 bits per heavy atom. The Hall–Kier alpha value is -2.28. The van der Waals surface area contributed by atoms with Gasteiger partial charge in [-0.15, -0.1) is 0 Å².